The lowest BCUT2D eigenvalue weighted by Gasteiger charge is -2.32. The van der Waals surface area contributed by atoms with Crippen molar-refractivity contribution in [3.63, 3.8) is 0 Å². The zero-order valence-electron chi connectivity index (χ0n) is 10.2. The van der Waals surface area contributed by atoms with Crippen LogP contribution in [0.4, 0.5) is 4.79 Å². The highest BCUT2D eigenvalue weighted by Crippen LogP contribution is 2.45. The molecule has 1 saturated carbocycles. The van der Waals surface area contributed by atoms with Crippen LogP contribution in [0.15, 0.2) is 0 Å². The molecular formula is C12H19NO3. The lowest BCUT2D eigenvalue weighted by molar-refractivity contribution is -0.138. The molecule has 1 heterocycles. The summed E-state index contributed by atoms with van der Waals surface area (Å²) < 4.78 is 5.38. The maximum atomic E-state index is 12.1. The lowest BCUT2D eigenvalue weighted by atomic mass is 9.86. The Morgan fingerprint density at radius 1 is 1.19 bits per heavy atom. The molecule has 2 rings (SSSR count). The molecule has 90 valence electrons. The smallest absolute Gasteiger partial charge is 0.410 e. The van der Waals surface area contributed by atoms with Gasteiger partial charge in [-0.05, 0) is 19.3 Å². The summed E-state index contributed by atoms with van der Waals surface area (Å²) in [6, 6.07) is 0. The molecule has 0 unspecified atom stereocenters. The number of ketones is 1. The highest BCUT2D eigenvalue weighted by atomic mass is 16.6. The molecule has 0 bridgehead atoms. The van der Waals surface area contributed by atoms with E-state index in [-0.39, 0.29) is 11.9 Å². The van der Waals surface area contributed by atoms with E-state index in [4.69, 9.17) is 4.74 Å². The predicted molar refractivity (Wildman–Crippen MR) is 59.1 cm³/mol. The number of likely N-dealkylation sites (tertiary alicyclic amines) is 1. The highest BCUT2D eigenvalue weighted by Gasteiger charge is 2.57. The van der Waals surface area contributed by atoms with E-state index >= 15 is 0 Å². The molecule has 2 fully saturated rings. The SMILES string of the molecule is CC(C)(C)C(=O)C1(OC(=O)N2CCC2)CC1. The molecule has 0 spiro atoms. The van der Waals surface area contributed by atoms with Crippen molar-refractivity contribution in [3.05, 3.63) is 0 Å². The Balaban J connectivity index is 1.98. The van der Waals surface area contributed by atoms with Crippen molar-refractivity contribution in [1.29, 1.82) is 0 Å². The number of nitrogens with zero attached hydrogens (tertiary/aromatic N) is 1. The van der Waals surface area contributed by atoms with Gasteiger partial charge >= 0.3 is 6.09 Å². The molecule has 0 aromatic carbocycles. The summed E-state index contributed by atoms with van der Waals surface area (Å²) in [4.78, 5) is 25.4. The van der Waals surface area contributed by atoms with Gasteiger partial charge < -0.3 is 9.64 Å². The van der Waals surface area contributed by atoms with Gasteiger partial charge in [-0.25, -0.2) is 4.79 Å². The first kappa shape index (κ1) is 11.4. The summed E-state index contributed by atoms with van der Waals surface area (Å²) in [7, 11) is 0. The van der Waals surface area contributed by atoms with Gasteiger partial charge in [0.2, 0.25) is 0 Å². The van der Waals surface area contributed by atoms with E-state index < -0.39 is 11.0 Å². The van der Waals surface area contributed by atoms with E-state index in [1.54, 1.807) is 4.90 Å². The van der Waals surface area contributed by atoms with E-state index in [1.807, 2.05) is 20.8 Å². The fourth-order valence-corrected chi connectivity index (χ4v) is 1.90. The van der Waals surface area contributed by atoms with Crippen LogP contribution in [0, 0.1) is 5.41 Å². The topological polar surface area (TPSA) is 46.6 Å². The normalized spacial score (nSPS) is 22.3. The molecular weight excluding hydrogens is 206 g/mol. The van der Waals surface area contributed by atoms with Gasteiger partial charge in [-0.15, -0.1) is 0 Å². The van der Waals surface area contributed by atoms with Crippen molar-refractivity contribution in [2.75, 3.05) is 13.1 Å². The minimum atomic E-state index is -0.801. The molecule has 4 heteroatoms. The number of Topliss-reactive ketones (excluding diaryl/α,β-unsaturated/α-hetero) is 1. The first-order valence-electron chi connectivity index (χ1n) is 5.88. The number of ether oxygens (including phenoxy) is 1. The van der Waals surface area contributed by atoms with Crippen molar-refractivity contribution >= 4 is 11.9 Å². The highest BCUT2D eigenvalue weighted by molar-refractivity contribution is 5.95. The fourth-order valence-electron chi connectivity index (χ4n) is 1.90. The molecule has 0 aromatic rings. The minimum absolute atomic E-state index is 0.0499. The van der Waals surface area contributed by atoms with Gasteiger partial charge in [-0.2, -0.15) is 0 Å². The third kappa shape index (κ3) is 1.93. The summed E-state index contributed by atoms with van der Waals surface area (Å²) in [6.45, 7) is 7.13. The van der Waals surface area contributed by atoms with Gasteiger partial charge in [0.05, 0.1) is 0 Å². The Morgan fingerprint density at radius 3 is 2.06 bits per heavy atom. The van der Waals surface area contributed by atoms with Crippen LogP contribution in [0.3, 0.4) is 0 Å². The summed E-state index contributed by atoms with van der Waals surface area (Å²) in [5.41, 5.74) is -1.24. The summed E-state index contributed by atoms with van der Waals surface area (Å²) in [5, 5.41) is 0. The van der Waals surface area contributed by atoms with Crippen molar-refractivity contribution < 1.29 is 14.3 Å². The monoisotopic (exact) mass is 225 g/mol. The quantitative estimate of drug-likeness (QED) is 0.722. The van der Waals surface area contributed by atoms with E-state index in [0.717, 1.165) is 19.5 Å². The molecule has 0 N–H and O–H groups in total. The molecule has 0 radical (unpaired) electrons. The van der Waals surface area contributed by atoms with E-state index in [9.17, 15) is 9.59 Å². The van der Waals surface area contributed by atoms with Crippen LogP contribution in [0.5, 0.6) is 0 Å². The molecule has 1 saturated heterocycles. The molecule has 16 heavy (non-hydrogen) atoms. The van der Waals surface area contributed by atoms with Crippen LogP contribution in [-0.2, 0) is 9.53 Å². The van der Waals surface area contributed by atoms with Crippen LogP contribution in [-0.4, -0.2) is 35.5 Å². The second-order valence-corrected chi connectivity index (χ2v) is 5.78. The largest absolute Gasteiger partial charge is 0.435 e. The third-order valence-electron chi connectivity index (χ3n) is 3.20. The Morgan fingerprint density at radius 2 is 1.75 bits per heavy atom. The molecule has 2 aliphatic rings. The maximum Gasteiger partial charge on any atom is 0.410 e. The van der Waals surface area contributed by atoms with E-state index in [0.29, 0.717) is 12.8 Å². The predicted octanol–water partition coefficient (Wildman–Crippen LogP) is 1.98. The van der Waals surface area contributed by atoms with E-state index in [1.165, 1.54) is 0 Å². The minimum Gasteiger partial charge on any atom is -0.435 e. The zero-order chi connectivity index (χ0) is 12.0. The van der Waals surface area contributed by atoms with Crippen molar-refractivity contribution in [2.24, 2.45) is 5.41 Å². The van der Waals surface area contributed by atoms with Crippen molar-refractivity contribution in [2.45, 2.75) is 45.6 Å². The molecule has 1 aliphatic carbocycles. The maximum absolute atomic E-state index is 12.1. The molecule has 4 nitrogen and oxygen atoms in total. The zero-order valence-corrected chi connectivity index (χ0v) is 10.2. The van der Waals surface area contributed by atoms with Crippen molar-refractivity contribution in [1.82, 2.24) is 4.90 Å². The molecule has 1 aliphatic heterocycles. The van der Waals surface area contributed by atoms with Crippen LogP contribution in [0.25, 0.3) is 0 Å². The van der Waals surface area contributed by atoms with Crippen molar-refractivity contribution in [3.8, 4) is 0 Å². The number of hydrogen-bond donors (Lipinski definition) is 0. The molecule has 0 atom stereocenters. The van der Waals surface area contributed by atoms with Crippen LogP contribution < -0.4 is 0 Å². The van der Waals surface area contributed by atoms with E-state index in [2.05, 4.69) is 0 Å². The van der Waals surface area contributed by atoms with Crippen LogP contribution in [0.2, 0.25) is 0 Å². The Bertz CT molecular complexity index is 322. The standard InChI is InChI=1S/C12H19NO3/c1-11(2,3)9(14)12(5-6-12)16-10(15)13-7-4-8-13/h4-8H2,1-3H3. The number of rotatable bonds is 2. The number of hydrogen-bond acceptors (Lipinski definition) is 3. The lowest BCUT2D eigenvalue weighted by Crippen LogP contribution is -2.47. The summed E-state index contributed by atoms with van der Waals surface area (Å²) >= 11 is 0. The molecule has 1 amide bonds. The average Bonchev–Trinajstić information content (AvgIpc) is 2.79. The van der Waals surface area contributed by atoms with Gasteiger partial charge in [0, 0.05) is 18.5 Å². The van der Waals surface area contributed by atoms with Crippen LogP contribution in [0.1, 0.15) is 40.0 Å². The Labute approximate surface area is 95.9 Å². The second-order valence-electron chi connectivity index (χ2n) is 5.78. The summed E-state index contributed by atoms with van der Waals surface area (Å²) in [6.07, 6.45) is 2.09. The number of carbonyl (C=O) groups is 2. The number of carbonyl (C=O) groups excluding carboxylic acids is 2. The van der Waals surface area contributed by atoms with Gasteiger partial charge in [0.25, 0.3) is 0 Å². The van der Waals surface area contributed by atoms with Gasteiger partial charge in [0.15, 0.2) is 11.4 Å². The fraction of sp³-hybridized carbons (Fsp3) is 0.833. The second kappa shape index (κ2) is 3.47. The Hall–Kier alpha value is -1.06. The molecule has 0 aromatic heterocycles. The average molecular weight is 225 g/mol. The first-order chi connectivity index (χ1) is 7.35. The third-order valence-corrected chi connectivity index (χ3v) is 3.20. The van der Waals surface area contributed by atoms with Gasteiger partial charge in [-0.1, -0.05) is 20.8 Å². The number of amides is 1. The van der Waals surface area contributed by atoms with Crippen LogP contribution >= 0.6 is 0 Å². The van der Waals surface area contributed by atoms with Gasteiger partial charge in [-0.3, -0.25) is 4.79 Å². The Kier molecular flexibility index (Phi) is 2.48. The summed E-state index contributed by atoms with van der Waals surface area (Å²) in [5.74, 6) is 0.0499. The van der Waals surface area contributed by atoms with Gasteiger partial charge in [0.1, 0.15) is 0 Å². The first-order valence-corrected chi connectivity index (χ1v) is 5.88.